The molecule has 1 heterocycles. The molecule has 1 atom stereocenters. The SMILES string of the molecule is CCNCCOCC1CN(CC)CCO1. The van der Waals surface area contributed by atoms with Crippen molar-refractivity contribution < 1.29 is 9.47 Å². The lowest BCUT2D eigenvalue weighted by atomic mass is 10.3. The van der Waals surface area contributed by atoms with E-state index in [1.807, 2.05) is 0 Å². The maximum atomic E-state index is 5.63. The first-order chi connectivity index (χ1) is 7.36. The second kappa shape index (κ2) is 8.05. The van der Waals surface area contributed by atoms with Crippen molar-refractivity contribution in [2.24, 2.45) is 0 Å². The van der Waals surface area contributed by atoms with Gasteiger partial charge in [-0.05, 0) is 13.1 Å². The third-order valence-electron chi connectivity index (χ3n) is 2.65. The zero-order chi connectivity index (χ0) is 10.9. The van der Waals surface area contributed by atoms with Gasteiger partial charge in [0.1, 0.15) is 0 Å². The molecule has 90 valence electrons. The standard InChI is InChI=1S/C11H24N2O2/c1-3-12-5-7-14-10-11-9-13(4-2)6-8-15-11/h11-12H,3-10H2,1-2H3. The van der Waals surface area contributed by atoms with E-state index in [9.17, 15) is 0 Å². The van der Waals surface area contributed by atoms with Gasteiger partial charge < -0.3 is 14.8 Å². The van der Waals surface area contributed by atoms with E-state index in [1.54, 1.807) is 0 Å². The molecule has 0 aliphatic carbocycles. The largest absolute Gasteiger partial charge is 0.377 e. The maximum Gasteiger partial charge on any atom is 0.0935 e. The molecule has 0 aromatic carbocycles. The Balaban J connectivity index is 2.00. The predicted octanol–water partition coefficient (Wildman–Crippen LogP) is 0.333. The van der Waals surface area contributed by atoms with Gasteiger partial charge >= 0.3 is 0 Å². The second-order valence-electron chi connectivity index (χ2n) is 3.81. The van der Waals surface area contributed by atoms with E-state index in [0.717, 1.165) is 52.5 Å². The number of rotatable bonds is 7. The minimum absolute atomic E-state index is 0.264. The van der Waals surface area contributed by atoms with Crippen molar-refractivity contribution in [2.75, 3.05) is 52.5 Å². The van der Waals surface area contributed by atoms with Crippen LogP contribution in [-0.4, -0.2) is 63.5 Å². The zero-order valence-electron chi connectivity index (χ0n) is 10.00. The fraction of sp³-hybridized carbons (Fsp3) is 1.00. The summed E-state index contributed by atoms with van der Waals surface area (Å²) in [5, 5.41) is 3.23. The van der Waals surface area contributed by atoms with Crippen LogP contribution in [0.3, 0.4) is 0 Å². The number of hydrogen-bond acceptors (Lipinski definition) is 4. The van der Waals surface area contributed by atoms with Crippen LogP contribution in [0.5, 0.6) is 0 Å². The highest BCUT2D eigenvalue weighted by Gasteiger charge is 2.18. The molecular weight excluding hydrogens is 192 g/mol. The molecule has 4 heteroatoms. The Hall–Kier alpha value is -0.160. The van der Waals surface area contributed by atoms with E-state index in [1.165, 1.54) is 0 Å². The summed E-state index contributed by atoms with van der Waals surface area (Å²) >= 11 is 0. The van der Waals surface area contributed by atoms with Crippen LogP contribution in [0.15, 0.2) is 0 Å². The minimum atomic E-state index is 0.264. The minimum Gasteiger partial charge on any atom is -0.377 e. The Morgan fingerprint density at radius 3 is 3.07 bits per heavy atom. The molecule has 0 amide bonds. The molecular formula is C11H24N2O2. The number of nitrogens with one attached hydrogen (secondary N) is 1. The molecule has 1 saturated heterocycles. The number of morpholine rings is 1. The Bertz CT molecular complexity index is 156. The van der Waals surface area contributed by atoms with Gasteiger partial charge in [0.2, 0.25) is 0 Å². The molecule has 1 aliphatic rings. The van der Waals surface area contributed by atoms with Gasteiger partial charge in [0.25, 0.3) is 0 Å². The van der Waals surface area contributed by atoms with E-state index in [4.69, 9.17) is 9.47 Å². The van der Waals surface area contributed by atoms with Crippen LogP contribution in [-0.2, 0) is 9.47 Å². The lowest BCUT2D eigenvalue weighted by molar-refractivity contribution is -0.0673. The predicted molar refractivity (Wildman–Crippen MR) is 61.2 cm³/mol. The summed E-state index contributed by atoms with van der Waals surface area (Å²) in [6, 6.07) is 0. The van der Waals surface area contributed by atoms with E-state index in [2.05, 4.69) is 24.1 Å². The second-order valence-corrected chi connectivity index (χ2v) is 3.81. The van der Waals surface area contributed by atoms with Crippen LogP contribution in [0, 0.1) is 0 Å². The van der Waals surface area contributed by atoms with Crippen LogP contribution >= 0.6 is 0 Å². The van der Waals surface area contributed by atoms with Gasteiger partial charge in [0, 0.05) is 19.6 Å². The fourth-order valence-electron chi connectivity index (χ4n) is 1.70. The van der Waals surface area contributed by atoms with E-state index in [-0.39, 0.29) is 6.10 Å². The Morgan fingerprint density at radius 1 is 1.47 bits per heavy atom. The molecule has 0 radical (unpaired) electrons. The van der Waals surface area contributed by atoms with Gasteiger partial charge in [0.05, 0.1) is 25.9 Å². The van der Waals surface area contributed by atoms with Gasteiger partial charge in [-0.15, -0.1) is 0 Å². The summed E-state index contributed by atoms with van der Waals surface area (Å²) in [5.74, 6) is 0. The van der Waals surface area contributed by atoms with Gasteiger partial charge in [-0.2, -0.15) is 0 Å². The quantitative estimate of drug-likeness (QED) is 0.622. The van der Waals surface area contributed by atoms with Crippen molar-refractivity contribution in [2.45, 2.75) is 20.0 Å². The van der Waals surface area contributed by atoms with Crippen molar-refractivity contribution in [1.29, 1.82) is 0 Å². The summed E-state index contributed by atoms with van der Waals surface area (Å²) in [6.45, 7) is 11.8. The van der Waals surface area contributed by atoms with Gasteiger partial charge in [0.15, 0.2) is 0 Å². The first-order valence-corrected chi connectivity index (χ1v) is 5.99. The molecule has 1 aliphatic heterocycles. The van der Waals surface area contributed by atoms with E-state index in [0.29, 0.717) is 0 Å². The number of nitrogens with zero attached hydrogens (tertiary/aromatic N) is 1. The van der Waals surface area contributed by atoms with Crippen LogP contribution in [0.2, 0.25) is 0 Å². The molecule has 0 bridgehead atoms. The normalized spacial score (nSPS) is 23.2. The van der Waals surface area contributed by atoms with Crippen molar-refractivity contribution >= 4 is 0 Å². The van der Waals surface area contributed by atoms with Crippen molar-refractivity contribution in [3.63, 3.8) is 0 Å². The van der Waals surface area contributed by atoms with Crippen LogP contribution in [0.4, 0.5) is 0 Å². The molecule has 0 spiro atoms. The first-order valence-electron chi connectivity index (χ1n) is 5.99. The highest BCUT2D eigenvalue weighted by Crippen LogP contribution is 2.04. The van der Waals surface area contributed by atoms with Crippen LogP contribution in [0.1, 0.15) is 13.8 Å². The van der Waals surface area contributed by atoms with Gasteiger partial charge in [-0.3, -0.25) is 4.90 Å². The Kier molecular flexibility index (Phi) is 6.92. The summed E-state index contributed by atoms with van der Waals surface area (Å²) < 4.78 is 11.2. The van der Waals surface area contributed by atoms with Gasteiger partial charge in [-0.25, -0.2) is 0 Å². The summed E-state index contributed by atoms with van der Waals surface area (Å²) in [5.41, 5.74) is 0. The molecule has 1 rings (SSSR count). The smallest absolute Gasteiger partial charge is 0.0935 e. The lowest BCUT2D eigenvalue weighted by Gasteiger charge is -2.31. The third kappa shape index (κ3) is 5.47. The van der Waals surface area contributed by atoms with Gasteiger partial charge in [-0.1, -0.05) is 13.8 Å². The molecule has 0 aromatic heterocycles. The first kappa shape index (κ1) is 12.9. The number of hydrogen-bond donors (Lipinski definition) is 1. The van der Waals surface area contributed by atoms with E-state index < -0.39 is 0 Å². The average molecular weight is 216 g/mol. The third-order valence-corrected chi connectivity index (χ3v) is 2.65. The molecule has 1 unspecified atom stereocenters. The summed E-state index contributed by atoms with van der Waals surface area (Å²) in [7, 11) is 0. The van der Waals surface area contributed by atoms with Crippen molar-refractivity contribution in [3.8, 4) is 0 Å². The van der Waals surface area contributed by atoms with Crippen LogP contribution in [0.25, 0.3) is 0 Å². The molecule has 0 aromatic rings. The molecule has 1 fully saturated rings. The van der Waals surface area contributed by atoms with E-state index >= 15 is 0 Å². The van der Waals surface area contributed by atoms with Crippen molar-refractivity contribution in [3.05, 3.63) is 0 Å². The highest BCUT2D eigenvalue weighted by molar-refractivity contribution is 4.69. The maximum absolute atomic E-state index is 5.63. The Labute approximate surface area is 92.9 Å². The highest BCUT2D eigenvalue weighted by atomic mass is 16.5. The van der Waals surface area contributed by atoms with Crippen molar-refractivity contribution in [1.82, 2.24) is 10.2 Å². The number of likely N-dealkylation sites (N-methyl/N-ethyl adjacent to an activating group) is 2. The monoisotopic (exact) mass is 216 g/mol. The lowest BCUT2D eigenvalue weighted by Crippen LogP contribution is -2.44. The topological polar surface area (TPSA) is 33.7 Å². The Morgan fingerprint density at radius 2 is 2.33 bits per heavy atom. The average Bonchev–Trinajstić information content (AvgIpc) is 2.29. The van der Waals surface area contributed by atoms with Crippen LogP contribution < -0.4 is 5.32 Å². The molecule has 4 nitrogen and oxygen atoms in total. The summed E-state index contributed by atoms with van der Waals surface area (Å²) in [4.78, 5) is 2.40. The molecule has 1 N–H and O–H groups in total. The summed E-state index contributed by atoms with van der Waals surface area (Å²) in [6.07, 6.45) is 0.264. The fourth-order valence-corrected chi connectivity index (χ4v) is 1.70. The number of ether oxygens (including phenoxy) is 2. The molecule has 0 saturated carbocycles. The zero-order valence-corrected chi connectivity index (χ0v) is 10.00. The molecule has 15 heavy (non-hydrogen) atoms.